The fraction of sp³-hybridized carbons (Fsp3) is 0.875. The summed E-state index contributed by atoms with van der Waals surface area (Å²) in [6.45, 7) is 3.08. The molecule has 2 aliphatic rings. The normalized spacial score (nSPS) is 31.8. The number of nitrogens with two attached hydrogens (primary N) is 1. The molecule has 0 radical (unpaired) electrons. The number of primary amides is 1. The van der Waals surface area contributed by atoms with Gasteiger partial charge in [0.15, 0.2) is 0 Å². The van der Waals surface area contributed by atoms with Crippen LogP contribution in [0.3, 0.4) is 0 Å². The van der Waals surface area contributed by atoms with Crippen LogP contribution in [0.2, 0.25) is 0 Å². The predicted molar refractivity (Wildman–Crippen MR) is 45.6 cm³/mol. The lowest BCUT2D eigenvalue weighted by atomic mass is 10.1. The Kier molecular flexibility index (Phi) is 2.02. The van der Waals surface area contributed by atoms with Crippen molar-refractivity contribution in [3.8, 4) is 0 Å². The first-order valence-electron chi connectivity index (χ1n) is 4.55. The highest BCUT2D eigenvalue weighted by atomic mass is 16.1. The minimum atomic E-state index is -0.153. The summed E-state index contributed by atoms with van der Waals surface area (Å²) in [7, 11) is 0. The number of carbonyl (C=O) groups excluding carboxylic acids is 1. The van der Waals surface area contributed by atoms with E-state index < -0.39 is 0 Å². The third-order valence-electron chi connectivity index (χ3n) is 2.85. The molecule has 4 heteroatoms. The molecule has 0 spiro atoms. The molecule has 1 unspecified atom stereocenters. The Morgan fingerprint density at radius 2 is 2.25 bits per heavy atom. The number of rotatable bonds is 2. The molecule has 2 saturated heterocycles. The summed E-state index contributed by atoms with van der Waals surface area (Å²) < 4.78 is 0. The molecule has 3 N–H and O–H groups in total. The first-order chi connectivity index (χ1) is 5.79. The van der Waals surface area contributed by atoms with Gasteiger partial charge in [0, 0.05) is 19.1 Å². The molecule has 0 aromatic rings. The van der Waals surface area contributed by atoms with E-state index in [-0.39, 0.29) is 11.9 Å². The fourth-order valence-electron chi connectivity index (χ4n) is 2.04. The van der Waals surface area contributed by atoms with Crippen LogP contribution in [0, 0.1) is 0 Å². The summed E-state index contributed by atoms with van der Waals surface area (Å²) in [4.78, 5) is 13.3. The van der Waals surface area contributed by atoms with E-state index in [0.29, 0.717) is 6.04 Å². The van der Waals surface area contributed by atoms with Gasteiger partial charge in [0.05, 0.1) is 6.04 Å². The van der Waals surface area contributed by atoms with Crippen LogP contribution in [0.25, 0.3) is 0 Å². The van der Waals surface area contributed by atoms with Crippen LogP contribution in [0.5, 0.6) is 0 Å². The number of nitrogens with one attached hydrogen (secondary N) is 1. The standard InChI is InChI=1S/C8H15N3O/c9-8(12)7-2-1-3-11(7)6-4-10-5-6/h6-7,10H,1-5H2,(H2,9,12). The molecular formula is C8H15N3O. The predicted octanol–water partition coefficient (Wildman–Crippen LogP) is -1.09. The molecule has 1 atom stereocenters. The molecule has 2 aliphatic heterocycles. The van der Waals surface area contributed by atoms with Crippen LogP contribution >= 0.6 is 0 Å². The van der Waals surface area contributed by atoms with Gasteiger partial charge in [0.25, 0.3) is 0 Å². The van der Waals surface area contributed by atoms with Crippen molar-refractivity contribution in [2.24, 2.45) is 5.73 Å². The smallest absolute Gasteiger partial charge is 0.234 e. The average molecular weight is 169 g/mol. The van der Waals surface area contributed by atoms with Gasteiger partial charge in [-0.15, -0.1) is 0 Å². The van der Waals surface area contributed by atoms with Crippen molar-refractivity contribution >= 4 is 5.91 Å². The molecule has 2 rings (SSSR count). The van der Waals surface area contributed by atoms with Crippen molar-refractivity contribution < 1.29 is 4.79 Å². The maximum Gasteiger partial charge on any atom is 0.234 e. The Hall–Kier alpha value is -0.610. The zero-order valence-electron chi connectivity index (χ0n) is 7.12. The van der Waals surface area contributed by atoms with E-state index >= 15 is 0 Å². The highest BCUT2D eigenvalue weighted by molar-refractivity contribution is 5.80. The molecule has 68 valence electrons. The maximum absolute atomic E-state index is 11.0. The topological polar surface area (TPSA) is 58.4 Å². The molecule has 0 aliphatic carbocycles. The van der Waals surface area contributed by atoms with Gasteiger partial charge >= 0.3 is 0 Å². The molecule has 12 heavy (non-hydrogen) atoms. The van der Waals surface area contributed by atoms with Gasteiger partial charge in [-0.05, 0) is 19.4 Å². The lowest BCUT2D eigenvalue weighted by molar-refractivity contribution is -0.123. The Morgan fingerprint density at radius 1 is 1.50 bits per heavy atom. The number of carbonyl (C=O) groups is 1. The highest BCUT2D eigenvalue weighted by Gasteiger charge is 2.36. The first kappa shape index (κ1) is 8.01. The quantitative estimate of drug-likeness (QED) is 0.552. The van der Waals surface area contributed by atoms with Crippen LogP contribution in [-0.4, -0.2) is 42.5 Å². The van der Waals surface area contributed by atoms with Gasteiger partial charge in [-0.1, -0.05) is 0 Å². The van der Waals surface area contributed by atoms with E-state index in [1.807, 2.05) is 0 Å². The lowest BCUT2D eigenvalue weighted by Crippen LogP contribution is -2.60. The van der Waals surface area contributed by atoms with Crippen molar-refractivity contribution in [3.63, 3.8) is 0 Å². The van der Waals surface area contributed by atoms with E-state index in [0.717, 1.165) is 32.5 Å². The Morgan fingerprint density at radius 3 is 2.75 bits per heavy atom. The highest BCUT2D eigenvalue weighted by Crippen LogP contribution is 2.21. The van der Waals surface area contributed by atoms with E-state index in [1.165, 1.54) is 0 Å². The maximum atomic E-state index is 11.0. The third kappa shape index (κ3) is 1.21. The van der Waals surface area contributed by atoms with Crippen molar-refractivity contribution in [1.29, 1.82) is 0 Å². The zero-order valence-corrected chi connectivity index (χ0v) is 7.12. The van der Waals surface area contributed by atoms with E-state index in [1.54, 1.807) is 0 Å². The summed E-state index contributed by atoms with van der Waals surface area (Å²) in [5.74, 6) is -0.153. The molecule has 2 fully saturated rings. The summed E-state index contributed by atoms with van der Waals surface area (Å²) in [5.41, 5.74) is 5.30. The summed E-state index contributed by atoms with van der Waals surface area (Å²) >= 11 is 0. The van der Waals surface area contributed by atoms with Crippen LogP contribution in [0.15, 0.2) is 0 Å². The van der Waals surface area contributed by atoms with Crippen molar-refractivity contribution in [1.82, 2.24) is 10.2 Å². The van der Waals surface area contributed by atoms with Crippen molar-refractivity contribution in [2.75, 3.05) is 19.6 Å². The van der Waals surface area contributed by atoms with Gasteiger partial charge < -0.3 is 11.1 Å². The Labute approximate surface area is 72.1 Å². The molecule has 1 amide bonds. The first-order valence-corrected chi connectivity index (χ1v) is 4.55. The second kappa shape index (κ2) is 3.03. The zero-order chi connectivity index (χ0) is 8.55. The molecule has 0 saturated carbocycles. The second-order valence-corrected chi connectivity index (χ2v) is 3.61. The van der Waals surface area contributed by atoms with Crippen molar-refractivity contribution in [3.05, 3.63) is 0 Å². The number of likely N-dealkylation sites (tertiary alicyclic amines) is 1. The van der Waals surface area contributed by atoms with Gasteiger partial charge in [-0.25, -0.2) is 0 Å². The number of amides is 1. The summed E-state index contributed by atoms with van der Waals surface area (Å²) in [6.07, 6.45) is 2.07. The molecule has 0 aromatic carbocycles. The Balaban J connectivity index is 1.98. The number of nitrogens with zero attached hydrogens (tertiary/aromatic N) is 1. The largest absolute Gasteiger partial charge is 0.368 e. The Bertz CT molecular complexity index is 191. The monoisotopic (exact) mass is 169 g/mol. The third-order valence-corrected chi connectivity index (χ3v) is 2.85. The second-order valence-electron chi connectivity index (χ2n) is 3.61. The van der Waals surface area contributed by atoms with Gasteiger partial charge in [-0.3, -0.25) is 9.69 Å². The minimum Gasteiger partial charge on any atom is -0.368 e. The molecule has 2 heterocycles. The van der Waals surface area contributed by atoms with Crippen LogP contribution in [-0.2, 0) is 4.79 Å². The summed E-state index contributed by atoms with van der Waals surface area (Å²) in [6, 6.07) is 0.571. The molecule has 0 bridgehead atoms. The van der Waals surface area contributed by atoms with Gasteiger partial charge in [0.2, 0.25) is 5.91 Å². The molecular weight excluding hydrogens is 154 g/mol. The molecule has 0 aromatic heterocycles. The number of hydrogen-bond donors (Lipinski definition) is 2. The van der Waals surface area contributed by atoms with Gasteiger partial charge in [0.1, 0.15) is 0 Å². The lowest BCUT2D eigenvalue weighted by Gasteiger charge is -2.38. The van der Waals surface area contributed by atoms with Crippen LogP contribution in [0.4, 0.5) is 0 Å². The SMILES string of the molecule is NC(=O)C1CCCN1C1CNC1. The summed E-state index contributed by atoms with van der Waals surface area (Å²) in [5, 5.41) is 3.20. The van der Waals surface area contributed by atoms with E-state index in [4.69, 9.17) is 5.73 Å². The van der Waals surface area contributed by atoms with Crippen LogP contribution < -0.4 is 11.1 Å². The van der Waals surface area contributed by atoms with E-state index in [9.17, 15) is 4.79 Å². The molecule has 4 nitrogen and oxygen atoms in total. The fourth-order valence-corrected chi connectivity index (χ4v) is 2.04. The van der Waals surface area contributed by atoms with E-state index in [2.05, 4.69) is 10.2 Å². The van der Waals surface area contributed by atoms with Crippen LogP contribution in [0.1, 0.15) is 12.8 Å². The van der Waals surface area contributed by atoms with Crippen molar-refractivity contribution in [2.45, 2.75) is 24.9 Å². The average Bonchev–Trinajstić information content (AvgIpc) is 2.31. The minimum absolute atomic E-state index is 0.0112. The number of hydrogen-bond acceptors (Lipinski definition) is 3. The van der Waals surface area contributed by atoms with Gasteiger partial charge in [-0.2, -0.15) is 0 Å².